The summed E-state index contributed by atoms with van der Waals surface area (Å²) >= 11 is 0. The normalized spacial score (nSPS) is 26.3. The minimum Gasteiger partial charge on any atom is -0.495 e. The Bertz CT molecular complexity index is 1280. The van der Waals surface area contributed by atoms with Crippen LogP contribution >= 0.6 is 0 Å². The van der Waals surface area contributed by atoms with Gasteiger partial charge in [0.15, 0.2) is 5.82 Å². The Kier molecular flexibility index (Phi) is 7.76. The third-order valence-corrected chi connectivity index (χ3v) is 9.70. The quantitative estimate of drug-likeness (QED) is 0.498. The lowest BCUT2D eigenvalue weighted by Crippen LogP contribution is -2.55. The van der Waals surface area contributed by atoms with E-state index in [9.17, 15) is 9.59 Å². The molecule has 2 amide bonds. The van der Waals surface area contributed by atoms with E-state index in [2.05, 4.69) is 39.4 Å². The fourth-order valence-electron chi connectivity index (χ4n) is 7.67. The fraction of sp³-hybridized carbons (Fsp3) is 0.613. The largest absolute Gasteiger partial charge is 0.495 e. The van der Waals surface area contributed by atoms with Crippen LogP contribution in [0.3, 0.4) is 0 Å². The highest BCUT2D eigenvalue weighted by molar-refractivity contribution is 6.04. The van der Waals surface area contributed by atoms with E-state index < -0.39 is 0 Å². The van der Waals surface area contributed by atoms with Crippen LogP contribution in [0.25, 0.3) is 0 Å². The van der Waals surface area contributed by atoms with Crippen LogP contribution in [0.4, 0.5) is 23.1 Å². The predicted octanol–water partition coefficient (Wildman–Crippen LogP) is 4.05. The van der Waals surface area contributed by atoms with Crippen LogP contribution in [0.1, 0.15) is 62.2 Å². The number of carbonyl (C=O) groups is 2. The van der Waals surface area contributed by atoms with Gasteiger partial charge in [0.05, 0.1) is 19.0 Å². The summed E-state index contributed by atoms with van der Waals surface area (Å²) in [5, 5.41) is 6.45. The number of carbonyl (C=O) groups excluding carboxylic acids is 2. The Morgan fingerprint density at radius 3 is 2.54 bits per heavy atom. The van der Waals surface area contributed by atoms with Crippen molar-refractivity contribution in [1.29, 1.82) is 0 Å². The van der Waals surface area contributed by atoms with Gasteiger partial charge in [-0.05, 0) is 75.1 Å². The minimum absolute atomic E-state index is 0.0837. The Balaban J connectivity index is 1.16. The van der Waals surface area contributed by atoms with Crippen molar-refractivity contribution in [2.24, 2.45) is 17.8 Å². The van der Waals surface area contributed by atoms with Crippen LogP contribution in [0.5, 0.6) is 5.75 Å². The number of likely N-dealkylation sites (N-methyl/N-ethyl adjacent to an activating group) is 1. The number of ether oxygens (including phenoxy) is 1. The summed E-state index contributed by atoms with van der Waals surface area (Å²) in [5.74, 6) is 3.88. The van der Waals surface area contributed by atoms with Crippen molar-refractivity contribution in [2.45, 2.75) is 64.0 Å². The predicted molar refractivity (Wildman–Crippen MR) is 160 cm³/mol. The Hall–Kier alpha value is -3.40. The van der Waals surface area contributed by atoms with E-state index in [4.69, 9.17) is 9.72 Å². The molecule has 1 aromatic carbocycles. The molecular formula is C31H43N7O3. The van der Waals surface area contributed by atoms with E-state index in [1.807, 2.05) is 6.07 Å². The molecule has 6 rings (SSSR count). The van der Waals surface area contributed by atoms with E-state index in [-0.39, 0.29) is 17.9 Å². The smallest absolute Gasteiger partial charge is 0.251 e. The molecule has 3 unspecified atom stereocenters. The number of likely N-dealkylation sites (tertiary alicyclic amines) is 1. The van der Waals surface area contributed by atoms with Crippen molar-refractivity contribution in [3.8, 4) is 5.75 Å². The summed E-state index contributed by atoms with van der Waals surface area (Å²) in [7, 11) is 5.60. The first kappa shape index (κ1) is 27.8. The molecule has 2 saturated carbocycles. The molecule has 2 aromatic rings. The van der Waals surface area contributed by atoms with Gasteiger partial charge in [0.25, 0.3) is 5.91 Å². The number of hydrogen-bond donors (Lipinski definition) is 2. The maximum absolute atomic E-state index is 13.2. The molecule has 41 heavy (non-hydrogen) atoms. The van der Waals surface area contributed by atoms with Gasteiger partial charge in [-0.15, -0.1) is 0 Å². The number of rotatable bonds is 8. The lowest BCUT2D eigenvalue weighted by Gasteiger charge is -2.43. The second-order valence-electron chi connectivity index (χ2n) is 12.4. The molecule has 2 N–H and O–H groups in total. The summed E-state index contributed by atoms with van der Waals surface area (Å²) in [6.45, 7) is 5.14. The first-order valence-corrected chi connectivity index (χ1v) is 15.2. The topological polar surface area (TPSA) is 103 Å². The van der Waals surface area contributed by atoms with Crippen LogP contribution in [0, 0.1) is 17.8 Å². The molecule has 3 fully saturated rings. The van der Waals surface area contributed by atoms with E-state index >= 15 is 0 Å². The Labute approximate surface area is 242 Å². The number of aromatic nitrogens is 2. The molecule has 0 bridgehead atoms. The summed E-state index contributed by atoms with van der Waals surface area (Å²) in [6.07, 6.45) is 9.31. The van der Waals surface area contributed by atoms with Crippen molar-refractivity contribution >= 4 is 35.0 Å². The minimum atomic E-state index is -0.226. The second kappa shape index (κ2) is 11.5. The molecule has 1 aromatic heterocycles. The van der Waals surface area contributed by atoms with Crippen molar-refractivity contribution in [3.63, 3.8) is 0 Å². The van der Waals surface area contributed by atoms with Gasteiger partial charge in [-0.25, -0.2) is 4.98 Å². The first-order chi connectivity index (χ1) is 19.9. The molecule has 10 nitrogen and oxygen atoms in total. The molecular weight excluding hydrogens is 518 g/mol. The van der Waals surface area contributed by atoms with Gasteiger partial charge >= 0.3 is 0 Å². The van der Waals surface area contributed by atoms with E-state index in [0.29, 0.717) is 41.5 Å². The van der Waals surface area contributed by atoms with Crippen LogP contribution in [-0.4, -0.2) is 79.6 Å². The van der Waals surface area contributed by atoms with Gasteiger partial charge in [-0.1, -0.05) is 19.8 Å². The molecule has 1 saturated heterocycles. The SMILES string of the molecule is CCC1C(=O)N(C)c2cnc(Nc3ccc(C(=O)NCC4CC5CN(C)CC5C4)cc3OC)nc2N1C1CCCC1. The van der Waals surface area contributed by atoms with Gasteiger partial charge in [0, 0.05) is 38.3 Å². The lowest BCUT2D eigenvalue weighted by atomic mass is 10.0. The van der Waals surface area contributed by atoms with Crippen molar-refractivity contribution in [2.75, 3.05) is 56.0 Å². The molecule has 2 aliphatic carbocycles. The highest BCUT2D eigenvalue weighted by Gasteiger charge is 2.41. The van der Waals surface area contributed by atoms with Crippen LogP contribution in [0.15, 0.2) is 24.4 Å². The average Bonchev–Trinajstić information content (AvgIpc) is 3.71. The number of fused-ring (bicyclic) bond motifs is 2. The Morgan fingerprint density at radius 2 is 1.85 bits per heavy atom. The van der Waals surface area contributed by atoms with Gasteiger partial charge < -0.3 is 30.1 Å². The van der Waals surface area contributed by atoms with E-state index in [0.717, 1.165) is 42.6 Å². The molecule has 3 heterocycles. The van der Waals surface area contributed by atoms with E-state index in [1.165, 1.54) is 38.8 Å². The van der Waals surface area contributed by atoms with E-state index in [1.54, 1.807) is 37.4 Å². The zero-order valence-electron chi connectivity index (χ0n) is 24.7. The monoisotopic (exact) mass is 561 g/mol. The van der Waals surface area contributed by atoms with Crippen molar-refractivity contribution < 1.29 is 14.3 Å². The third-order valence-electron chi connectivity index (χ3n) is 9.70. The number of nitrogens with zero attached hydrogens (tertiary/aromatic N) is 5. The highest BCUT2D eigenvalue weighted by atomic mass is 16.5. The summed E-state index contributed by atoms with van der Waals surface area (Å²) in [4.78, 5) is 42.0. The zero-order valence-corrected chi connectivity index (χ0v) is 24.7. The third kappa shape index (κ3) is 5.34. The number of methoxy groups -OCH3 is 1. The maximum atomic E-state index is 13.2. The Morgan fingerprint density at radius 1 is 1.12 bits per heavy atom. The number of anilines is 4. The summed E-state index contributed by atoms with van der Waals surface area (Å²) in [6, 6.07) is 5.48. The molecule has 4 aliphatic rings. The number of hydrogen-bond acceptors (Lipinski definition) is 8. The highest BCUT2D eigenvalue weighted by Crippen LogP contribution is 2.42. The zero-order chi connectivity index (χ0) is 28.7. The standard InChI is InChI=1S/C31H43N7O3/c1-5-25-30(40)37(3)26-16-33-31(35-28(26)38(25)23-8-6-7-9-23)34-24-11-10-20(14-27(24)41-4)29(39)32-15-19-12-21-17-36(2)18-22(21)13-19/h10-11,14,16,19,21-23,25H,5-9,12-13,15,17-18H2,1-4H3,(H,32,39)(H,33,34,35). The number of benzene rings is 1. The molecule has 3 atom stereocenters. The van der Waals surface area contributed by atoms with Gasteiger partial charge in [-0.3, -0.25) is 9.59 Å². The average molecular weight is 562 g/mol. The van der Waals surface area contributed by atoms with Crippen LogP contribution in [-0.2, 0) is 4.79 Å². The van der Waals surface area contributed by atoms with Gasteiger partial charge in [0.2, 0.25) is 11.9 Å². The lowest BCUT2D eigenvalue weighted by molar-refractivity contribution is -0.120. The van der Waals surface area contributed by atoms with Gasteiger partial charge in [0.1, 0.15) is 17.5 Å². The van der Waals surface area contributed by atoms with Crippen LogP contribution < -0.4 is 25.2 Å². The molecule has 2 aliphatic heterocycles. The first-order valence-electron chi connectivity index (χ1n) is 15.2. The number of nitrogens with one attached hydrogen (secondary N) is 2. The molecule has 0 radical (unpaired) electrons. The van der Waals surface area contributed by atoms with Gasteiger partial charge in [-0.2, -0.15) is 4.98 Å². The number of amides is 2. The molecule has 220 valence electrons. The fourth-order valence-corrected chi connectivity index (χ4v) is 7.67. The van der Waals surface area contributed by atoms with Crippen molar-refractivity contribution in [1.82, 2.24) is 20.2 Å². The molecule has 0 spiro atoms. The van der Waals surface area contributed by atoms with Crippen molar-refractivity contribution in [3.05, 3.63) is 30.0 Å². The maximum Gasteiger partial charge on any atom is 0.251 e. The summed E-state index contributed by atoms with van der Waals surface area (Å²) < 4.78 is 5.66. The summed E-state index contributed by atoms with van der Waals surface area (Å²) in [5.41, 5.74) is 1.97. The van der Waals surface area contributed by atoms with Crippen LogP contribution in [0.2, 0.25) is 0 Å². The second-order valence-corrected chi connectivity index (χ2v) is 12.4. The molecule has 10 heteroatoms.